The number of carbonyl (C=O) groups is 1. The van der Waals surface area contributed by atoms with E-state index in [-0.39, 0.29) is 12.3 Å². The number of nitrogens with zero attached hydrogens (tertiary/aromatic N) is 4. The number of hydrogen-bond acceptors (Lipinski definition) is 6. The first kappa shape index (κ1) is 17.9. The lowest BCUT2D eigenvalue weighted by Gasteiger charge is -2.20. The van der Waals surface area contributed by atoms with Crippen LogP contribution in [0.1, 0.15) is 24.4 Å². The molecule has 0 atom stereocenters. The molecule has 1 N–H and O–H groups in total. The number of carbonyl (C=O) groups excluding carboxylic acids is 1. The van der Waals surface area contributed by atoms with Gasteiger partial charge >= 0.3 is 0 Å². The first-order valence-corrected chi connectivity index (χ1v) is 9.81. The van der Waals surface area contributed by atoms with E-state index >= 15 is 0 Å². The maximum Gasteiger partial charge on any atom is 0.228 e. The fraction of sp³-hybridized carbons (Fsp3) is 0.300. The van der Waals surface area contributed by atoms with Crippen LogP contribution in [0.5, 0.6) is 11.5 Å². The molecule has 1 amide bonds. The molecule has 1 aliphatic carbocycles. The number of amides is 1. The van der Waals surface area contributed by atoms with Crippen LogP contribution in [-0.4, -0.2) is 39.3 Å². The number of fused-ring (bicyclic) bond motifs is 1. The van der Waals surface area contributed by atoms with Gasteiger partial charge in [0, 0.05) is 11.3 Å². The van der Waals surface area contributed by atoms with Gasteiger partial charge in [-0.25, -0.2) is 4.68 Å². The number of ether oxygens (including phenoxy) is 2. The highest BCUT2D eigenvalue weighted by Crippen LogP contribution is 2.39. The summed E-state index contributed by atoms with van der Waals surface area (Å²) in [6, 6.07) is 11.4. The average Bonchev–Trinajstić information content (AvgIpc) is 3.44. The number of aromatic nitrogens is 4. The summed E-state index contributed by atoms with van der Waals surface area (Å²) in [5.41, 5.74) is 2.30. The number of hydrogen-bond donors (Lipinski definition) is 1. The third kappa shape index (κ3) is 3.75. The minimum atomic E-state index is -0.156. The summed E-state index contributed by atoms with van der Waals surface area (Å²) in [4.78, 5) is 12.6. The number of rotatable bonds is 5. The van der Waals surface area contributed by atoms with Crippen LogP contribution in [0, 0.1) is 0 Å². The second kappa shape index (κ2) is 7.36. The molecule has 1 aromatic heterocycles. The van der Waals surface area contributed by atoms with Gasteiger partial charge in [0.2, 0.25) is 5.91 Å². The Balaban J connectivity index is 1.31. The highest BCUT2D eigenvalue weighted by atomic mass is 35.5. The number of tetrazole rings is 1. The molecule has 0 bridgehead atoms. The minimum Gasteiger partial charge on any atom is -0.486 e. The smallest absolute Gasteiger partial charge is 0.228 e. The molecule has 2 aromatic carbocycles. The lowest BCUT2D eigenvalue weighted by Crippen LogP contribution is -2.17. The van der Waals surface area contributed by atoms with Crippen LogP contribution in [0.2, 0.25) is 5.02 Å². The fourth-order valence-corrected chi connectivity index (χ4v) is 3.63. The normalized spacial score (nSPS) is 15.2. The number of halogens is 1. The van der Waals surface area contributed by atoms with Crippen LogP contribution in [-0.2, 0) is 11.2 Å². The van der Waals surface area contributed by atoms with Crippen LogP contribution in [0.25, 0.3) is 11.4 Å². The second-order valence-corrected chi connectivity index (χ2v) is 7.49. The number of nitrogens with one attached hydrogen (secondary N) is 1. The average molecular weight is 412 g/mol. The van der Waals surface area contributed by atoms with E-state index < -0.39 is 0 Å². The maximum absolute atomic E-state index is 12.6. The van der Waals surface area contributed by atoms with E-state index in [1.807, 2.05) is 28.9 Å². The first-order chi connectivity index (χ1) is 14.2. The monoisotopic (exact) mass is 411 g/mol. The molecule has 0 saturated heterocycles. The number of benzene rings is 2. The SMILES string of the molecule is O=C(Cc1cc(Cl)c2c(c1)OCCO2)Nc1cccc(-c2nnnn2C2CC2)c1. The van der Waals surface area contributed by atoms with Crippen molar-refractivity contribution < 1.29 is 14.3 Å². The maximum atomic E-state index is 12.6. The van der Waals surface area contributed by atoms with Gasteiger partial charge in [-0.1, -0.05) is 23.7 Å². The Bertz CT molecular complexity index is 1080. The van der Waals surface area contributed by atoms with Gasteiger partial charge in [0.15, 0.2) is 17.3 Å². The molecular formula is C20H18ClN5O3. The molecule has 2 heterocycles. The molecule has 148 valence electrons. The van der Waals surface area contributed by atoms with Crippen LogP contribution >= 0.6 is 11.6 Å². The van der Waals surface area contributed by atoms with Crippen LogP contribution in [0.3, 0.4) is 0 Å². The van der Waals surface area contributed by atoms with E-state index in [0.29, 0.717) is 47.3 Å². The van der Waals surface area contributed by atoms with Crippen molar-refractivity contribution in [2.45, 2.75) is 25.3 Å². The summed E-state index contributed by atoms with van der Waals surface area (Å²) in [5, 5.41) is 15.4. The molecule has 1 fully saturated rings. The summed E-state index contributed by atoms with van der Waals surface area (Å²) in [6.07, 6.45) is 2.35. The van der Waals surface area contributed by atoms with Crippen molar-refractivity contribution in [3.05, 3.63) is 47.0 Å². The molecule has 0 spiro atoms. The molecule has 0 unspecified atom stereocenters. The van der Waals surface area contributed by atoms with E-state index in [1.165, 1.54) is 0 Å². The Morgan fingerprint density at radius 2 is 2.07 bits per heavy atom. The summed E-state index contributed by atoms with van der Waals surface area (Å²) in [5.74, 6) is 1.66. The van der Waals surface area contributed by atoms with E-state index in [0.717, 1.165) is 24.0 Å². The van der Waals surface area contributed by atoms with Gasteiger partial charge in [-0.2, -0.15) is 0 Å². The second-order valence-electron chi connectivity index (χ2n) is 7.09. The van der Waals surface area contributed by atoms with Crippen LogP contribution in [0.15, 0.2) is 36.4 Å². The molecule has 8 nitrogen and oxygen atoms in total. The van der Waals surface area contributed by atoms with Crippen molar-refractivity contribution in [1.29, 1.82) is 0 Å². The summed E-state index contributed by atoms with van der Waals surface area (Å²) in [6.45, 7) is 0.930. The molecular weight excluding hydrogens is 394 g/mol. The molecule has 0 radical (unpaired) electrons. The van der Waals surface area contributed by atoms with E-state index in [2.05, 4.69) is 20.8 Å². The van der Waals surface area contributed by atoms with Gasteiger partial charge in [0.05, 0.1) is 17.5 Å². The topological polar surface area (TPSA) is 91.2 Å². The standard InChI is InChI=1S/C20H18ClN5O3/c21-16-8-12(9-17-19(16)29-7-6-28-17)10-18(27)22-14-3-1-2-13(11-14)20-23-24-25-26(20)15-4-5-15/h1-3,8-9,11,15H,4-7,10H2,(H,22,27). The number of anilines is 1. The van der Waals surface area contributed by atoms with Crippen molar-refractivity contribution in [2.24, 2.45) is 0 Å². The lowest BCUT2D eigenvalue weighted by atomic mass is 10.1. The fourth-order valence-electron chi connectivity index (χ4n) is 3.34. The van der Waals surface area contributed by atoms with Gasteiger partial charge < -0.3 is 14.8 Å². The summed E-state index contributed by atoms with van der Waals surface area (Å²) < 4.78 is 12.9. The third-order valence-electron chi connectivity index (χ3n) is 4.81. The minimum absolute atomic E-state index is 0.156. The largest absolute Gasteiger partial charge is 0.486 e. The molecule has 3 aromatic rings. The zero-order chi connectivity index (χ0) is 19.8. The van der Waals surface area contributed by atoms with Crippen molar-refractivity contribution in [1.82, 2.24) is 20.2 Å². The highest BCUT2D eigenvalue weighted by molar-refractivity contribution is 6.32. The highest BCUT2D eigenvalue weighted by Gasteiger charge is 2.28. The van der Waals surface area contributed by atoms with Gasteiger partial charge in [-0.05, 0) is 53.1 Å². The van der Waals surface area contributed by atoms with Gasteiger partial charge in [0.25, 0.3) is 0 Å². The Labute approximate surface area is 171 Å². The quantitative estimate of drug-likeness (QED) is 0.692. The Morgan fingerprint density at radius 1 is 1.21 bits per heavy atom. The molecule has 1 saturated carbocycles. The molecule has 29 heavy (non-hydrogen) atoms. The van der Waals surface area contributed by atoms with E-state index in [1.54, 1.807) is 12.1 Å². The van der Waals surface area contributed by atoms with Gasteiger partial charge in [-0.3, -0.25) is 4.79 Å². The van der Waals surface area contributed by atoms with Crippen LogP contribution < -0.4 is 14.8 Å². The zero-order valence-electron chi connectivity index (χ0n) is 15.5. The van der Waals surface area contributed by atoms with E-state index in [9.17, 15) is 4.79 Å². The molecule has 5 rings (SSSR count). The third-order valence-corrected chi connectivity index (χ3v) is 5.09. The Hall–Kier alpha value is -3.13. The Kier molecular flexibility index (Phi) is 4.55. The predicted molar refractivity (Wildman–Crippen MR) is 106 cm³/mol. The first-order valence-electron chi connectivity index (χ1n) is 9.43. The van der Waals surface area contributed by atoms with Crippen molar-refractivity contribution in [2.75, 3.05) is 18.5 Å². The molecule has 1 aliphatic heterocycles. The van der Waals surface area contributed by atoms with Crippen molar-refractivity contribution in [3.8, 4) is 22.9 Å². The van der Waals surface area contributed by atoms with Gasteiger partial charge in [-0.15, -0.1) is 5.10 Å². The van der Waals surface area contributed by atoms with Crippen molar-refractivity contribution >= 4 is 23.2 Å². The Morgan fingerprint density at radius 3 is 2.93 bits per heavy atom. The summed E-state index contributed by atoms with van der Waals surface area (Å²) >= 11 is 6.26. The van der Waals surface area contributed by atoms with E-state index in [4.69, 9.17) is 21.1 Å². The molecule has 9 heteroatoms. The zero-order valence-corrected chi connectivity index (χ0v) is 16.2. The molecule has 2 aliphatic rings. The van der Waals surface area contributed by atoms with Crippen LogP contribution in [0.4, 0.5) is 5.69 Å². The van der Waals surface area contributed by atoms with Crippen molar-refractivity contribution in [3.63, 3.8) is 0 Å². The predicted octanol–water partition coefficient (Wildman–Crippen LogP) is 3.28. The lowest BCUT2D eigenvalue weighted by molar-refractivity contribution is -0.115. The van der Waals surface area contributed by atoms with Gasteiger partial charge in [0.1, 0.15) is 13.2 Å². The summed E-state index contributed by atoms with van der Waals surface area (Å²) in [7, 11) is 0.